The molecule has 1 aromatic rings. The second-order valence-electron chi connectivity index (χ2n) is 4.90. The molecule has 1 aromatic carbocycles. The van der Waals surface area contributed by atoms with Crippen LogP contribution in [0.15, 0.2) is 24.3 Å². The lowest BCUT2D eigenvalue weighted by Gasteiger charge is -2.05. The smallest absolute Gasteiger partial charge is 0.373 e. The number of ether oxygens (including phenoxy) is 1. The molecule has 0 heterocycles. The van der Waals surface area contributed by atoms with Crippen molar-refractivity contribution in [2.24, 2.45) is 0 Å². The molecule has 0 aliphatic heterocycles. The first kappa shape index (κ1) is 17.5. The second kappa shape index (κ2) is 11.1. The minimum Gasteiger partial charge on any atom is -0.497 e. The first-order valence-corrected chi connectivity index (χ1v) is 7.55. The van der Waals surface area contributed by atoms with Crippen LogP contribution in [0.2, 0.25) is 0 Å². The zero-order chi connectivity index (χ0) is 15.3. The summed E-state index contributed by atoms with van der Waals surface area (Å²) >= 11 is 0. The molecule has 0 unspecified atom stereocenters. The summed E-state index contributed by atoms with van der Waals surface area (Å²) < 4.78 is 5.02. The molecule has 4 heteroatoms. The fourth-order valence-corrected chi connectivity index (χ4v) is 1.92. The van der Waals surface area contributed by atoms with E-state index in [0.29, 0.717) is 17.9 Å². The molecule has 0 spiro atoms. The summed E-state index contributed by atoms with van der Waals surface area (Å²) in [5, 5.41) is 0. The number of benzene rings is 1. The maximum atomic E-state index is 11.7. The zero-order valence-electron chi connectivity index (χ0n) is 12.8. The van der Waals surface area contributed by atoms with Gasteiger partial charge >= 0.3 is 5.97 Å². The van der Waals surface area contributed by atoms with E-state index in [2.05, 4.69) is 6.92 Å². The molecule has 0 aliphatic carbocycles. The van der Waals surface area contributed by atoms with E-state index in [1.165, 1.54) is 25.7 Å². The van der Waals surface area contributed by atoms with Crippen molar-refractivity contribution in [3.05, 3.63) is 36.8 Å². The van der Waals surface area contributed by atoms with Crippen molar-refractivity contribution in [3.8, 4) is 5.75 Å². The maximum absolute atomic E-state index is 11.7. The van der Waals surface area contributed by atoms with Gasteiger partial charge in [-0.15, -0.1) is 0 Å². The van der Waals surface area contributed by atoms with E-state index in [1.807, 2.05) is 0 Å². The lowest BCUT2D eigenvalue weighted by atomic mass is 10.1. The van der Waals surface area contributed by atoms with E-state index in [9.17, 15) is 4.79 Å². The topological polar surface area (TPSA) is 44.8 Å². The molecule has 0 bridgehead atoms. The van der Waals surface area contributed by atoms with Crippen molar-refractivity contribution < 1.29 is 19.3 Å². The minimum absolute atomic E-state index is 0.442. The van der Waals surface area contributed by atoms with Gasteiger partial charge in [0, 0.05) is 0 Å². The van der Waals surface area contributed by atoms with Crippen molar-refractivity contribution in [2.75, 3.05) is 13.7 Å². The Hall–Kier alpha value is -1.55. The van der Waals surface area contributed by atoms with Gasteiger partial charge in [0.1, 0.15) is 5.75 Å². The third kappa shape index (κ3) is 7.71. The highest BCUT2D eigenvalue weighted by molar-refractivity contribution is 5.89. The van der Waals surface area contributed by atoms with Crippen LogP contribution in [0.3, 0.4) is 0 Å². The van der Waals surface area contributed by atoms with Gasteiger partial charge in [-0.25, -0.2) is 4.79 Å². The van der Waals surface area contributed by atoms with Crippen LogP contribution in [0.25, 0.3) is 0 Å². The molecular weight excluding hydrogens is 268 g/mol. The van der Waals surface area contributed by atoms with Crippen molar-refractivity contribution >= 4 is 5.97 Å². The highest BCUT2D eigenvalue weighted by Gasteiger charge is 2.08. The molecule has 117 valence electrons. The number of unbranched alkanes of at least 4 members (excludes halogenated alkanes) is 6. The van der Waals surface area contributed by atoms with Crippen molar-refractivity contribution in [2.45, 2.75) is 44.9 Å². The van der Waals surface area contributed by atoms with Crippen LogP contribution in [-0.4, -0.2) is 19.7 Å². The van der Waals surface area contributed by atoms with Gasteiger partial charge in [0.05, 0.1) is 19.3 Å². The lowest BCUT2D eigenvalue weighted by molar-refractivity contribution is -0.241. The highest BCUT2D eigenvalue weighted by Crippen LogP contribution is 2.12. The number of carbonyl (C=O) groups excluding carboxylic acids is 1. The van der Waals surface area contributed by atoms with Crippen LogP contribution < -0.4 is 4.74 Å². The Balaban J connectivity index is 2.05. The van der Waals surface area contributed by atoms with Gasteiger partial charge in [0.15, 0.2) is 0 Å². The molecule has 0 N–H and O–H groups in total. The highest BCUT2D eigenvalue weighted by atomic mass is 17.2. The fraction of sp³-hybridized carbons (Fsp3) is 0.529. The predicted molar refractivity (Wildman–Crippen MR) is 82.0 cm³/mol. The van der Waals surface area contributed by atoms with Gasteiger partial charge in [0.2, 0.25) is 0 Å². The van der Waals surface area contributed by atoms with Gasteiger partial charge in [-0.3, -0.25) is 4.89 Å². The summed E-state index contributed by atoms with van der Waals surface area (Å²) in [5.41, 5.74) is 0.448. The normalized spacial score (nSPS) is 10.4. The van der Waals surface area contributed by atoms with Crippen LogP contribution in [-0.2, 0) is 9.78 Å². The molecule has 0 amide bonds. The summed E-state index contributed by atoms with van der Waals surface area (Å²) in [7, 11) is 1.58. The quantitative estimate of drug-likeness (QED) is 0.346. The van der Waals surface area contributed by atoms with E-state index in [4.69, 9.17) is 14.5 Å². The molecule has 1 rings (SSSR count). The SMILES string of the molecule is [CH2]CCCCCCCCOOC(=O)c1ccc(OC)cc1. The van der Waals surface area contributed by atoms with E-state index in [-0.39, 0.29) is 0 Å². The summed E-state index contributed by atoms with van der Waals surface area (Å²) in [6, 6.07) is 6.71. The van der Waals surface area contributed by atoms with Crippen LogP contribution in [0.4, 0.5) is 0 Å². The Morgan fingerprint density at radius 2 is 1.62 bits per heavy atom. The summed E-state index contributed by atoms with van der Waals surface area (Å²) in [5.74, 6) is 0.222. The number of carbonyl (C=O) groups is 1. The number of hydrogen-bond donors (Lipinski definition) is 0. The molecule has 4 nitrogen and oxygen atoms in total. The molecule has 0 aromatic heterocycles. The summed E-state index contributed by atoms with van der Waals surface area (Å²) in [6.07, 6.45) is 7.89. The average Bonchev–Trinajstić information content (AvgIpc) is 2.53. The second-order valence-corrected chi connectivity index (χ2v) is 4.90. The van der Waals surface area contributed by atoms with E-state index in [0.717, 1.165) is 19.3 Å². The predicted octanol–water partition coefficient (Wildman–Crippen LogP) is 4.35. The largest absolute Gasteiger partial charge is 0.497 e. The molecular formula is C17H25O4. The molecule has 0 atom stereocenters. The number of rotatable bonds is 11. The van der Waals surface area contributed by atoms with Crippen molar-refractivity contribution in [3.63, 3.8) is 0 Å². The first-order valence-electron chi connectivity index (χ1n) is 7.55. The first-order chi connectivity index (χ1) is 10.3. The van der Waals surface area contributed by atoms with Crippen LogP contribution in [0, 0.1) is 6.92 Å². The van der Waals surface area contributed by atoms with E-state index >= 15 is 0 Å². The zero-order valence-corrected chi connectivity index (χ0v) is 12.8. The third-order valence-electron chi connectivity index (χ3n) is 3.19. The van der Waals surface area contributed by atoms with Crippen LogP contribution >= 0.6 is 0 Å². The average molecular weight is 293 g/mol. The standard InChI is InChI=1S/C17H25O4/c1-3-4-5-6-7-8-9-14-20-21-17(18)15-10-12-16(19-2)13-11-15/h10-13H,1,3-9,14H2,2H3. The van der Waals surface area contributed by atoms with Crippen molar-refractivity contribution in [1.82, 2.24) is 0 Å². The Labute approximate surface area is 127 Å². The Bertz CT molecular complexity index is 386. The van der Waals surface area contributed by atoms with Crippen LogP contribution in [0.5, 0.6) is 5.75 Å². The third-order valence-corrected chi connectivity index (χ3v) is 3.19. The maximum Gasteiger partial charge on any atom is 0.373 e. The fourth-order valence-electron chi connectivity index (χ4n) is 1.92. The lowest BCUT2D eigenvalue weighted by Crippen LogP contribution is -2.07. The van der Waals surface area contributed by atoms with Gasteiger partial charge in [-0.2, -0.15) is 4.89 Å². The Morgan fingerprint density at radius 3 is 2.24 bits per heavy atom. The molecule has 0 fully saturated rings. The van der Waals surface area contributed by atoms with Gasteiger partial charge in [0.25, 0.3) is 0 Å². The Kier molecular flexibility index (Phi) is 9.29. The number of hydrogen-bond acceptors (Lipinski definition) is 4. The van der Waals surface area contributed by atoms with Gasteiger partial charge < -0.3 is 4.74 Å². The summed E-state index contributed by atoms with van der Waals surface area (Å²) in [4.78, 5) is 21.4. The monoisotopic (exact) mass is 293 g/mol. The van der Waals surface area contributed by atoms with E-state index in [1.54, 1.807) is 31.4 Å². The number of methoxy groups -OCH3 is 1. The molecule has 0 saturated heterocycles. The van der Waals surface area contributed by atoms with Gasteiger partial charge in [-0.05, 0) is 30.7 Å². The molecule has 21 heavy (non-hydrogen) atoms. The Morgan fingerprint density at radius 1 is 1.00 bits per heavy atom. The summed E-state index contributed by atoms with van der Waals surface area (Å²) in [6.45, 7) is 4.26. The van der Waals surface area contributed by atoms with Crippen LogP contribution in [0.1, 0.15) is 55.3 Å². The molecule has 0 saturated carbocycles. The van der Waals surface area contributed by atoms with E-state index < -0.39 is 5.97 Å². The van der Waals surface area contributed by atoms with Gasteiger partial charge in [-0.1, -0.05) is 45.4 Å². The molecule has 1 radical (unpaired) electrons. The van der Waals surface area contributed by atoms with Crippen molar-refractivity contribution in [1.29, 1.82) is 0 Å². The molecule has 0 aliphatic rings. The minimum atomic E-state index is -0.479.